The van der Waals surface area contributed by atoms with Gasteiger partial charge in [-0.2, -0.15) is 0 Å². The minimum absolute atomic E-state index is 0.531. The van der Waals surface area contributed by atoms with E-state index in [-0.39, 0.29) is 0 Å². The van der Waals surface area contributed by atoms with E-state index in [0.717, 1.165) is 28.9 Å². The van der Waals surface area contributed by atoms with E-state index in [1.807, 2.05) is 6.20 Å². The van der Waals surface area contributed by atoms with Gasteiger partial charge in [0.25, 0.3) is 0 Å². The van der Waals surface area contributed by atoms with Gasteiger partial charge in [0.05, 0.1) is 5.88 Å². The molecule has 0 unspecified atom stereocenters. The lowest BCUT2D eigenvalue weighted by molar-refractivity contribution is 0.144. The van der Waals surface area contributed by atoms with Gasteiger partial charge in [0.2, 0.25) is 0 Å². The largest absolute Gasteiger partial charge is 0.356 e. The standard InChI is InChI=1S/C16H22BrClN2/c17-14-10-13(11-18)15(19-12-14)20-8-6-16(7-9-20)4-2-1-3-5-16/h10,12H,1-9,11H2. The van der Waals surface area contributed by atoms with Crippen LogP contribution >= 0.6 is 27.5 Å². The van der Waals surface area contributed by atoms with Crippen LogP contribution in [0.25, 0.3) is 0 Å². The van der Waals surface area contributed by atoms with Gasteiger partial charge in [0.1, 0.15) is 5.82 Å². The van der Waals surface area contributed by atoms with E-state index in [1.54, 1.807) is 0 Å². The van der Waals surface area contributed by atoms with E-state index in [2.05, 4.69) is 31.9 Å². The Balaban J connectivity index is 1.71. The number of aromatic nitrogens is 1. The van der Waals surface area contributed by atoms with Crippen LogP contribution in [0.3, 0.4) is 0 Å². The molecule has 4 heteroatoms. The number of halogens is 2. The van der Waals surface area contributed by atoms with Gasteiger partial charge in [-0.05, 0) is 53.1 Å². The van der Waals surface area contributed by atoms with Crippen molar-refractivity contribution >= 4 is 33.3 Å². The van der Waals surface area contributed by atoms with Crippen molar-refractivity contribution in [3.8, 4) is 0 Å². The Bertz CT molecular complexity index is 462. The van der Waals surface area contributed by atoms with Crippen molar-refractivity contribution in [2.24, 2.45) is 5.41 Å². The van der Waals surface area contributed by atoms with Crippen LogP contribution in [0.15, 0.2) is 16.7 Å². The molecule has 0 bridgehead atoms. The second-order valence-electron chi connectivity index (χ2n) is 6.32. The van der Waals surface area contributed by atoms with E-state index in [9.17, 15) is 0 Å². The number of piperidine rings is 1. The van der Waals surface area contributed by atoms with Crippen molar-refractivity contribution in [2.45, 2.75) is 50.8 Å². The van der Waals surface area contributed by atoms with Gasteiger partial charge in [-0.3, -0.25) is 0 Å². The Morgan fingerprint density at radius 2 is 1.85 bits per heavy atom. The predicted molar refractivity (Wildman–Crippen MR) is 88.5 cm³/mol. The zero-order chi connectivity index (χ0) is 14.0. The van der Waals surface area contributed by atoms with Crippen LogP contribution < -0.4 is 4.90 Å². The first-order valence-electron chi connectivity index (χ1n) is 7.68. The van der Waals surface area contributed by atoms with Crippen molar-refractivity contribution in [1.82, 2.24) is 4.98 Å². The molecule has 2 heterocycles. The molecule has 0 atom stereocenters. The summed E-state index contributed by atoms with van der Waals surface area (Å²) in [5.41, 5.74) is 1.78. The first kappa shape index (κ1) is 14.6. The third-order valence-electron chi connectivity index (χ3n) is 5.09. The smallest absolute Gasteiger partial charge is 0.133 e. The topological polar surface area (TPSA) is 16.1 Å². The number of rotatable bonds is 2. The van der Waals surface area contributed by atoms with Crippen molar-refractivity contribution in [3.63, 3.8) is 0 Å². The lowest BCUT2D eigenvalue weighted by atomic mass is 9.68. The summed E-state index contributed by atoms with van der Waals surface area (Å²) in [6.07, 6.45) is 11.7. The molecule has 1 aromatic heterocycles. The minimum Gasteiger partial charge on any atom is -0.356 e. The highest BCUT2D eigenvalue weighted by molar-refractivity contribution is 9.10. The van der Waals surface area contributed by atoms with Gasteiger partial charge in [0.15, 0.2) is 0 Å². The highest BCUT2D eigenvalue weighted by Crippen LogP contribution is 2.45. The Morgan fingerprint density at radius 3 is 2.50 bits per heavy atom. The molecule has 2 nitrogen and oxygen atoms in total. The Labute approximate surface area is 135 Å². The SMILES string of the molecule is ClCc1cc(Br)cnc1N1CCC2(CCCCC2)CC1. The maximum absolute atomic E-state index is 6.08. The molecule has 1 saturated carbocycles. The maximum Gasteiger partial charge on any atom is 0.133 e. The van der Waals surface area contributed by atoms with Gasteiger partial charge in [-0.25, -0.2) is 4.98 Å². The van der Waals surface area contributed by atoms with Crippen LogP contribution in [0.4, 0.5) is 5.82 Å². The fourth-order valence-electron chi connectivity index (χ4n) is 3.85. The number of alkyl halides is 1. The number of hydrogen-bond donors (Lipinski definition) is 0. The first-order valence-corrected chi connectivity index (χ1v) is 9.01. The zero-order valence-electron chi connectivity index (χ0n) is 11.9. The quantitative estimate of drug-likeness (QED) is 0.682. The highest BCUT2D eigenvalue weighted by atomic mass is 79.9. The van der Waals surface area contributed by atoms with Gasteiger partial charge in [-0.1, -0.05) is 19.3 Å². The summed E-state index contributed by atoms with van der Waals surface area (Å²) in [5, 5.41) is 0. The summed E-state index contributed by atoms with van der Waals surface area (Å²) in [4.78, 5) is 7.04. The summed E-state index contributed by atoms with van der Waals surface area (Å²) >= 11 is 9.56. The fourth-order valence-corrected chi connectivity index (χ4v) is 4.43. The van der Waals surface area contributed by atoms with Crippen LogP contribution in [0.2, 0.25) is 0 Å². The predicted octanol–water partition coefficient (Wildman–Crippen LogP) is 5.13. The second kappa shape index (κ2) is 6.23. The van der Waals surface area contributed by atoms with Crippen molar-refractivity contribution in [2.75, 3.05) is 18.0 Å². The van der Waals surface area contributed by atoms with E-state index in [4.69, 9.17) is 11.6 Å². The fraction of sp³-hybridized carbons (Fsp3) is 0.688. The van der Waals surface area contributed by atoms with Gasteiger partial charge in [0, 0.05) is 29.3 Å². The molecule has 0 aromatic carbocycles. The molecule has 1 saturated heterocycles. The van der Waals surface area contributed by atoms with Crippen molar-refractivity contribution < 1.29 is 0 Å². The summed E-state index contributed by atoms with van der Waals surface area (Å²) in [6.45, 7) is 2.27. The maximum atomic E-state index is 6.08. The van der Waals surface area contributed by atoms with Crippen LogP contribution in [0, 0.1) is 5.41 Å². The van der Waals surface area contributed by atoms with Crippen LogP contribution in [0.1, 0.15) is 50.5 Å². The lowest BCUT2D eigenvalue weighted by Crippen LogP contribution is -2.41. The first-order chi connectivity index (χ1) is 9.72. The minimum atomic E-state index is 0.531. The molecule has 1 aliphatic carbocycles. The highest BCUT2D eigenvalue weighted by Gasteiger charge is 2.36. The number of nitrogens with zero attached hydrogens (tertiary/aromatic N) is 2. The van der Waals surface area contributed by atoms with E-state index in [0.29, 0.717) is 11.3 Å². The van der Waals surface area contributed by atoms with E-state index >= 15 is 0 Å². The monoisotopic (exact) mass is 356 g/mol. The van der Waals surface area contributed by atoms with Crippen LogP contribution in [-0.2, 0) is 5.88 Å². The van der Waals surface area contributed by atoms with Crippen molar-refractivity contribution in [1.29, 1.82) is 0 Å². The molecule has 0 amide bonds. The summed E-state index contributed by atoms with van der Waals surface area (Å²) in [6, 6.07) is 2.10. The van der Waals surface area contributed by atoms with Crippen molar-refractivity contribution in [3.05, 3.63) is 22.3 Å². The van der Waals surface area contributed by atoms with Gasteiger partial charge in [-0.15, -0.1) is 11.6 Å². The number of hydrogen-bond acceptors (Lipinski definition) is 2. The molecule has 3 rings (SSSR count). The number of anilines is 1. The Hall–Kier alpha value is -0.280. The summed E-state index contributed by atoms with van der Waals surface area (Å²) in [7, 11) is 0. The zero-order valence-corrected chi connectivity index (χ0v) is 14.2. The third-order valence-corrected chi connectivity index (χ3v) is 5.81. The number of pyridine rings is 1. The molecule has 1 aliphatic heterocycles. The molecular weight excluding hydrogens is 336 g/mol. The third kappa shape index (κ3) is 2.99. The second-order valence-corrected chi connectivity index (χ2v) is 7.50. The van der Waals surface area contributed by atoms with Gasteiger partial charge >= 0.3 is 0 Å². The lowest BCUT2D eigenvalue weighted by Gasteiger charge is -2.45. The normalized spacial score (nSPS) is 22.2. The molecular formula is C16H22BrClN2. The molecule has 1 aromatic rings. The average molecular weight is 358 g/mol. The summed E-state index contributed by atoms with van der Waals surface area (Å²) in [5.74, 6) is 1.62. The molecule has 2 aliphatic rings. The molecule has 1 spiro atoms. The average Bonchev–Trinajstić information content (AvgIpc) is 2.49. The van der Waals surface area contributed by atoms with Gasteiger partial charge < -0.3 is 4.90 Å². The molecule has 110 valence electrons. The van der Waals surface area contributed by atoms with Crippen LogP contribution in [-0.4, -0.2) is 18.1 Å². The molecule has 0 radical (unpaired) electrons. The summed E-state index contributed by atoms with van der Waals surface area (Å²) < 4.78 is 1.01. The molecule has 0 N–H and O–H groups in total. The Kier molecular flexibility index (Phi) is 4.56. The van der Waals surface area contributed by atoms with Crippen LogP contribution in [0.5, 0.6) is 0 Å². The molecule has 2 fully saturated rings. The van der Waals surface area contributed by atoms with E-state index in [1.165, 1.54) is 44.9 Å². The van der Waals surface area contributed by atoms with E-state index < -0.39 is 0 Å². The molecule has 20 heavy (non-hydrogen) atoms. The Morgan fingerprint density at radius 1 is 1.15 bits per heavy atom.